The van der Waals surface area contributed by atoms with Crippen molar-refractivity contribution in [3.63, 3.8) is 0 Å². The first kappa shape index (κ1) is 19.2. The summed E-state index contributed by atoms with van der Waals surface area (Å²) < 4.78 is 3.47. The second kappa shape index (κ2) is 8.84. The molecule has 0 radical (unpaired) electrons. The van der Waals surface area contributed by atoms with E-state index in [-0.39, 0.29) is 6.03 Å². The maximum Gasteiger partial charge on any atom is 0.320 e. The van der Waals surface area contributed by atoms with Crippen molar-refractivity contribution in [2.75, 3.05) is 11.9 Å². The number of para-hydroxylation sites is 1. The van der Waals surface area contributed by atoms with Gasteiger partial charge in [-0.05, 0) is 26.0 Å². The molecule has 0 spiro atoms. The summed E-state index contributed by atoms with van der Waals surface area (Å²) in [6, 6.07) is 9.46. The topological polar surface area (TPSA) is 76.8 Å². The Hall–Kier alpha value is -3.09. The van der Waals surface area contributed by atoms with Gasteiger partial charge in [0.2, 0.25) is 0 Å². The molecule has 2 aromatic heterocycles. The van der Waals surface area contributed by atoms with Crippen LogP contribution in [0.3, 0.4) is 0 Å². The molecule has 138 valence electrons. The summed E-state index contributed by atoms with van der Waals surface area (Å²) in [5, 5.41) is 14.5. The van der Waals surface area contributed by atoms with Gasteiger partial charge < -0.3 is 5.32 Å². The van der Waals surface area contributed by atoms with Gasteiger partial charge in [0.05, 0.1) is 11.9 Å². The highest BCUT2D eigenvalue weighted by Crippen LogP contribution is 2.30. The predicted octanol–water partition coefficient (Wildman–Crippen LogP) is 3.75. The van der Waals surface area contributed by atoms with Crippen LogP contribution in [0.25, 0.3) is 16.9 Å². The average Bonchev–Trinajstić information content (AvgIpc) is 3.22. The number of aromatic nitrogens is 4. The van der Waals surface area contributed by atoms with Crippen LogP contribution in [0.5, 0.6) is 0 Å². The molecule has 0 saturated heterocycles. The molecule has 3 rings (SSSR count). The third kappa shape index (κ3) is 4.11. The van der Waals surface area contributed by atoms with E-state index in [4.69, 9.17) is 5.10 Å². The van der Waals surface area contributed by atoms with Crippen molar-refractivity contribution in [1.82, 2.24) is 24.9 Å². The number of nitrogens with one attached hydrogen (secondary N) is 2. The van der Waals surface area contributed by atoms with E-state index in [0.29, 0.717) is 12.4 Å². The van der Waals surface area contributed by atoms with Crippen LogP contribution >= 0.6 is 0 Å². The highest BCUT2D eigenvalue weighted by molar-refractivity contribution is 5.90. The molecule has 7 nitrogen and oxygen atoms in total. The van der Waals surface area contributed by atoms with Gasteiger partial charge in [0, 0.05) is 30.9 Å². The maximum absolute atomic E-state index is 12.0. The van der Waals surface area contributed by atoms with E-state index in [0.717, 1.165) is 22.5 Å². The third-order valence-electron chi connectivity index (χ3n) is 3.67. The lowest BCUT2D eigenvalue weighted by Crippen LogP contribution is -2.29. The highest BCUT2D eigenvalue weighted by atomic mass is 16.2. The molecule has 0 bridgehead atoms. The summed E-state index contributed by atoms with van der Waals surface area (Å²) in [6.45, 7) is 8.37. The zero-order valence-electron chi connectivity index (χ0n) is 15.9. The molecule has 7 heteroatoms. The van der Waals surface area contributed by atoms with Crippen LogP contribution in [0.4, 0.5) is 10.6 Å². The SMILES string of the molecule is CC.CCNC(=O)Nc1c(C)c(-c2cnn(C)c2)nn1-c1ccccc1. The van der Waals surface area contributed by atoms with Crippen molar-refractivity contribution in [1.29, 1.82) is 0 Å². The quantitative estimate of drug-likeness (QED) is 0.749. The van der Waals surface area contributed by atoms with Crippen molar-refractivity contribution in [2.24, 2.45) is 7.05 Å². The second-order valence-electron chi connectivity index (χ2n) is 5.46. The van der Waals surface area contributed by atoms with Crippen molar-refractivity contribution in [3.05, 3.63) is 48.3 Å². The Labute approximate surface area is 154 Å². The van der Waals surface area contributed by atoms with Gasteiger partial charge in [-0.2, -0.15) is 10.2 Å². The number of carbonyl (C=O) groups is 1. The van der Waals surface area contributed by atoms with E-state index in [1.54, 1.807) is 15.6 Å². The van der Waals surface area contributed by atoms with Crippen molar-refractivity contribution in [3.8, 4) is 16.9 Å². The number of carbonyl (C=O) groups excluding carboxylic acids is 1. The van der Waals surface area contributed by atoms with Gasteiger partial charge in [-0.15, -0.1) is 0 Å². The average molecular weight is 354 g/mol. The normalized spacial score (nSPS) is 10.0. The van der Waals surface area contributed by atoms with Crippen LogP contribution < -0.4 is 10.6 Å². The Morgan fingerprint density at radius 2 is 1.88 bits per heavy atom. The van der Waals surface area contributed by atoms with E-state index in [9.17, 15) is 4.79 Å². The van der Waals surface area contributed by atoms with Gasteiger partial charge in [0.25, 0.3) is 0 Å². The largest absolute Gasteiger partial charge is 0.338 e. The van der Waals surface area contributed by atoms with Crippen LogP contribution in [0, 0.1) is 6.92 Å². The summed E-state index contributed by atoms with van der Waals surface area (Å²) in [5.41, 5.74) is 3.46. The Kier molecular flexibility index (Phi) is 6.54. The highest BCUT2D eigenvalue weighted by Gasteiger charge is 2.19. The van der Waals surface area contributed by atoms with E-state index < -0.39 is 0 Å². The van der Waals surface area contributed by atoms with E-state index >= 15 is 0 Å². The van der Waals surface area contributed by atoms with Crippen LogP contribution in [0.2, 0.25) is 0 Å². The summed E-state index contributed by atoms with van der Waals surface area (Å²) in [7, 11) is 1.86. The number of nitrogens with zero attached hydrogens (tertiary/aromatic N) is 4. The molecule has 2 amide bonds. The molecule has 0 unspecified atom stereocenters. The lowest BCUT2D eigenvalue weighted by Gasteiger charge is -2.10. The molecule has 2 N–H and O–H groups in total. The first-order valence-corrected chi connectivity index (χ1v) is 8.79. The smallest absolute Gasteiger partial charge is 0.320 e. The van der Waals surface area contributed by atoms with E-state index in [1.807, 2.05) is 71.3 Å². The predicted molar refractivity (Wildman–Crippen MR) is 105 cm³/mol. The molecule has 0 saturated carbocycles. The fraction of sp³-hybridized carbons (Fsp3) is 0.316. The number of hydrogen-bond acceptors (Lipinski definition) is 3. The Balaban J connectivity index is 0.00000117. The minimum absolute atomic E-state index is 0.254. The number of aryl methyl sites for hydroxylation is 1. The lowest BCUT2D eigenvalue weighted by atomic mass is 10.1. The molecule has 0 fully saturated rings. The molecular formula is C19H26N6O. The number of amides is 2. The van der Waals surface area contributed by atoms with Gasteiger partial charge >= 0.3 is 6.03 Å². The van der Waals surface area contributed by atoms with E-state index in [1.165, 1.54) is 0 Å². The van der Waals surface area contributed by atoms with Crippen LogP contribution in [0.1, 0.15) is 26.3 Å². The molecule has 3 aromatic rings. The number of urea groups is 1. The second-order valence-corrected chi connectivity index (χ2v) is 5.46. The van der Waals surface area contributed by atoms with E-state index in [2.05, 4.69) is 15.7 Å². The molecule has 1 aromatic carbocycles. The van der Waals surface area contributed by atoms with Crippen LogP contribution in [-0.4, -0.2) is 32.1 Å². The molecular weight excluding hydrogens is 328 g/mol. The third-order valence-corrected chi connectivity index (χ3v) is 3.67. The Morgan fingerprint density at radius 1 is 1.19 bits per heavy atom. The summed E-state index contributed by atoms with van der Waals surface area (Å²) in [6.07, 6.45) is 3.67. The monoisotopic (exact) mass is 354 g/mol. The first-order valence-electron chi connectivity index (χ1n) is 8.79. The maximum atomic E-state index is 12.0. The Bertz CT molecular complexity index is 850. The summed E-state index contributed by atoms with van der Waals surface area (Å²) in [4.78, 5) is 12.0. The van der Waals surface area contributed by atoms with Gasteiger partial charge in [-0.1, -0.05) is 32.0 Å². The zero-order chi connectivity index (χ0) is 19.1. The van der Waals surface area contributed by atoms with Crippen LogP contribution in [0.15, 0.2) is 42.7 Å². The van der Waals surface area contributed by atoms with Crippen LogP contribution in [-0.2, 0) is 7.05 Å². The van der Waals surface area contributed by atoms with Gasteiger partial charge in [0.1, 0.15) is 11.5 Å². The summed E-state index contributed by atoms with van der Waals surface area (Å²) in [5.74, 6) is 0.644. The fourth-order valence-corrected chi connectivity index (χ4v) is 2.53. The molecule has 0 aliphatic heterocycles. The summed E-state index contributed by atoms with van der Waals surface area (Å²) >= 11 is 0. The molecule has 2 heterocycles. The molecule has 0 aliphatic carbocycles. The zero-order valence-corrected chi connectivity index (χ0v) is 15.9. The standard InChI is InChI=1S/C17H20N6O.C2H6/c1-4-18-17(24)20-16-12(2)15(13-10-19-22(3)11-13)21-23(16)14-8-6-5-7-9-14;1-2/h5-11H,4H2,1-3H3,(H2,18,20,24);1-2H3. The number of anilines is 1. The number of hydrogen-bond donors (Lipinski definition) is 2. The van der Waals surface area contributed by atoms with Gasteiger partial charge in [0.15, 0.2) is 0 Å². The van der Waals surface area contributed by atoms with Crippen molar-refractivity contribution < 1.29 is 4.79 Å². The molecule has 0 atom stereocenters. The molecule has 0 aliphatic rings. The number of benzene rings is 1. The minimum atomic E-state index is -0.254. The fourth-order valence-electron chi connectivity index (χ4n) is 2.53. The number of rotatable bonds is 4. The first-order chi connectivity index (χ1) is 12.6. The Morgan fingerprint density at radius 3 is 2.46 bits per heavy atom. The van der Waals surface area contributed by atoms with Gasteiger partial charge in [-0.3, -0.25) is 10.00 Å². The molecule has 26 heavy (non-hydrogen) atoms. The van der Waals surface area contributed by atoms with Crippen molar-refractivity contribution >= 4 is 11.8 Å². The minimum Gasteiger partial charge on any atom is -0.338 e. The van der Waals surface area contributed by atoms with Gasteiger partial charge in [-0.25, -0.2) is 9.48 Å². The lowest BCUT2D eigenvalue weighted by molar-refractivity contribution is 0.252. The van der Waals surface area contributed by atoms with Crippen molar-refractivity contribution in [2.45, 2.75) is 27.7 Å².